The van der Waals surface area contributed by atoms with Gasteiger partial charge in [-0.2, -0.15) is 0 Å². The number of hydrogen-bond acceptors (Lipinski definition) is 2. The van der Waals surface area contributed by atoms with Crippen LogP contribution in [-0.2, 0) is 13.1 Å². The Morgan fingerprint density at radius 2 is 1.70 bits per heavy atom. The van der Waals surface area contributed by atoms with E-state index in [1.807, 2.05) is 0 Å². The molecule has 1 fully saturated rings. The molecule has 2 rings (SSSR count). The average Bonchev–Trinajstić information content (AvgIpc) is 2.36. The molecule has 0 amide bonds. The molecule has 1 aliphatic heterocycles. The van der Waals surface area contributed by atoms with Gasteiger partial charge in [-0.3, -0.25) is 4.90 Å². The summed E-state index contributed by atoms with van der Waals surface area (Å²) in [6, 6.07) is 9.42. The van der Waals surface area contributed by atoms with Crippen LogP contribution in [-0.4, -0.2) is 24.0 Å². The summed E-state index contributed by atoms with van der Waals surface area (Å²) in [5.74, 6) is 1.67. The molecule has 112 valence electrons. The third-order valence-electron chi connectivity index (χ3n) is 4.16. The predicted molar refractivity (Wildman–Crippen MR) is 86.6 cm³/mol. The Morgan fingerprint density at radius 1 is 1.10 bits per heavy atom. The zero-order valence-electron chi connectivity index (χ0n) is 13.5. The molecule has 1 aromatic carbocycles. The molecule has 0 aliphatic carbocycles. The van der Waals surface area contributed by atoms with Gasteiger partial charge in [-0.05, 0) is 29.4 Å². The fourth-order valence-corrected chi connectivity index (χ4v) is 3.36. The molecule has 0 spiro atoms. The van der Waals surface area contributed by atoms with Crippen LogP contribution in [0.1, 0.15) is 45.2 Å². The molecule has 0 bridgehead atoms. The van der Waals surface area contributed by atoms with E-state index < -0.39 is 0 Å². The molecule has 2 heteroatoms. The largest absolute Gasteiger partial charge is 0.310 e. The summed E-state index contributed by atoms with van der Waals surface area (Å²) in [7, 11) is 0. The number of nitrogens with zero attached hydrogens (tertiary/aromatic N) is 1. The standard InChI is InChI=1S/C18H30N2/c1-14(2)19-10-17-7-5-6-8-18(17)13-20-11-15(3)9-16(4)12-20/h5-8,14-16,19H,9-13H2,1-4H3. The van der Waals surface area contributed by atoms with Crippen LogP contribution < -0.4 is 5.32 Å². The molecule has 2 atom stereocenters. The lowest BCUT2D eigenvalue weighted by Crippen LogP contribution is -2.38. The lowest BCUT2D eigenvalue weighted by molar-refractivity contribution is 0.134. The molecular formula is C18H30N2. The van der Waals surface area contributed by atoms with Crippen LogP contribution in [0.3, 0.4) is 0 Å². The van der Waals surface area contributed by atoms with Crippen molar-refractivity contribution in [3.63, 3.8) is 0 Å². The summed E-state index contributed by atoms with van der Waals surface area (Å²) >= 11 is 0. The Kier molecular flexibility index (Phi) is 5.62. The minimum absolute atomic E-state index is 0.540. The van der Waals surface area contributed by atoms with E-state index in [4.69, 9.17) is 0 Å². The molecule has 1 aliphatic rings. The quantitative estimate of drug-likeness (QED) is 0.881. The minimum atomic E-state index is 0.540. The maximum absolute atomic E-state index is 3.54. The molecule has 1 N–H and O–H groups in total. The van der Waals surface area contributed by atoms with Crippen LogP contribution in [0.15, 0.2) is 24.3 Å². The van der Waals surface area contributed by atoms with Gasteiger partial charge < -0.3 is 5.32 Å². The average molecular weight is 274 g/mol. The van der Waals surface area contributed by atoms with Crippen LogP contribution in [0.25, 0.3) is 0 Å². The Bertz CT molecular complexity index is 404. The fraction of sp³-hybridized carbons (Fsp3) is 0.667. The number of benzene rings is 1. The van der Waals surface area contributed by atoms with Gasteiger partial charge in [-0.25, -0.2) is 0 Å². The van der Waals surface area contributed by atoms with Crippen LogP contribution in [0.4, 0.5) is 0 Å². The summed E-state index contributed by atoms with van der Waals surface area (Å²) in [4.78, 5) is 2.63. The third kappa shape index (κ3) is 4.60. The van der Waals surface area contributed by atoms with E-state index in [9.17, 15) is 0 Å². The first-order chi connectivity index (χ1) is 9.54. The van der Waals surface area contributed by atoms with Crippen molar-refractivity contribution in [1.29, 1.82) is 0 Å². The molecule has 2 unspecified atom stereocenters. The highest BCUT2D eigenvalue weighted by Gasteiger charge is 2.22. The minimum Gasteiger partial charge on any atom is -0.310 e. The van der Waals surface area contributed by atoms with E-state index >= 15 is 0 Å². The lowest BCUT2D eigenvalue weighted by Gasteiger charge is -2.35. The van der Waals surface area contributed by atoms with Crippen molar-refractivity contribution in [2.24, 2.45) is 11.8 Å². The fourth-order valence-electron chi connectivity index (χ4n) is 3.36. The molecule has 0 saturated carbocycles. The van der Waals surface area contributed by atoms with Crippen molar-refractivity contribution in [1.82, 2.24) is 10.2 Å². The number of hydrogen-bond donors (Lipinski definition) is 1. The summed E-state index contributed by atoms with van der Waals surface area (Å²) in [6.45, 7) is 13.8. The molecule has 0 radical (unpaired) electrons. The number of likely N-dealkylation sites (tertiary alicyclic amines) is 1. The second-order valence-electron chi connectivity index (χ2n) is 6.94. The van der Waals surface area contributed by atoms with Gasteiger partial charge in [0, 0.05) is 32.2 Å². The highest BCUT2D eigenvalue weighted by Crippen LogP contribution is 2.23. The highest BCUT2D eigenvalue weighted by molar-refractivity contribution is 5.27. The molecule has 1 saturated heterocycles. The van der Waals surface area contributed by atoms with E-state index in [1.165, 1.54) is 30.6 Å². The topological polar surface area (TPSA) is 15.3 Å². The lowest BCUT2D eigenvalue weighted by atomic mass is 9.91. The highest BCUT2D eigenvalue weighted by atomic mass is 15.1. The monoisotopic (exact) mass is 274 g/mol. The van der Waals surface area contributed by atoms with Crippen molar-refractivity contribution in [2.75, 3.05) is 13.1 Å². The first-order valence-electron chi connectivity index (χ1n) is 8.07. The molecule has 1 aromatic rings. The van der Waals surface area contributed by atoms with Gasteiger partial charge in [-0.1, -0.05) is 52.0 Å². The van der Waals surface area contributed by atoms with E-state index in [-0.39, 0.29) is 0 Å². The maximum atomic E-state index is 3.54. The van der Waals surface area contributed by atoms with Crippen LogP contribution in [0.2, 0.25) is 0 Å². The van der Waals surface area contributed by atoms with Crippen molar-refractivity contribution < 1.29 is 0 Å². The van der Waals surface area contributed by atoms with Gasteiger partial charge in [0.05, 0.1) is 0 Å². The van der Waals surface area contributed by atoms with Crippen molar-refractivity contribution in [2.45, 2.75) is 53.2 Å². The summed E-state index contributed by atoms with van der Waals surface area (Å²) in [5.41, 5.74) is 2.94. The van der Waals surface area contributed by atoms with Crippen LogP contribution in [0.5, 0.6) is 0 Å². The third-order valence-corrected chi connectivity index (χ3v) is 4.16. The first-order valence-corrected chi connectivity index (χ1v) is 8.07. The SMILES string of the molecule is CC1CC(C)CN(Cc2ccccc2CNC(C)C)C1. The smallest absolute Gasteiger partial charge is 0.0237 e. The molecule has 0 aromatic heterocycles. The predicted octanol–water partition coefficient (Wildman–Crippen LogP) is 3.66. The first kappa shape index (κ1) is 15.5. The van der Waals surface area contributed by atoms with Crippen molar-refractivity contribution in [3.8, 4) is 0 Å². The van der Waals surface area contributed by atoms with Gasteiger partial charge in [-0.15, -0.1) is 0 Å². The maximum Gasteiger partial charge on any atom is 0.0237 e. The second-order valence-corrected chi connectivity index (χ2v) is 6.94. The molecule has 2 nitrogen and oxygen atoms in total. The Balaban J connectivity index is 2.01. The summed E-state index contributed by atoms with van der Waals surface area (Å²) in [5, 5.41) is 3.54. The van der Waals surface area contributed by atoms with E-state index in [0.717, 1.165) is 24.9 Å². The summed E-state index contributed by atoms with van der Waals surface area (Å²) in [6.07, 6.45) is 1.38. The number of piperidine rings is 1. The number of nitrogens with one attached hydrogen (secondary N) is 1. The van der Waals surface area contributed by atoms with Gasteiger partial charge in [0.15, 0.2) is 0 Å². The van der Waals surface area contributed by atoms with Crippen LogP contribution >= 0.6 is 0 Å². The molecule has 1 heterocycles. The van der Waals surface area contributed by atoms with Crippen LogP contribution in [0, 0.1) is 11.8 Å². The second kappa shape index (κ2) is 7.24. The van der Waals surface area contributed by atoms with E-state index in [1.54, 1.807) is 0 Å². The van der Waals surface area contributed by atoms with Gasteiger partial charge >= 0.3 is 0 Å². The van der Waals surface area contributed by atoms with Gasteiger partial charge in [0.25, 0.3) is 0 Å². The van der Waals surface area contributed by atoms with Crippen molar-refractivity contribution >= 4 is 0 Å². The Hall–Kier alpha value is -0.860. The van der Waals surface area contributed by atoms with Crippen molar-refractivity contribution in [3.05, 3.63) is 35.4 Å². The zero-order valence-corrected chi connectivity index (χ0v) is 13.5. The number of rotatable bonds is 5. The molecular weight excluding hydrogens is 244 g/mol. The normalized spacial score (nSPS) is 24.2. The Labute approximate surface area is 124 Å². The van der Waals surface area contributed by atoms with E-state index in [0.29, 0.717) is 6.04 Å². The van der Waals surface area contributed by atoms with Gasteiger partial charge in [0.2, 0.25) is 0 Å². The Morgan fingerprint density at radius 3 is 2.30 bits per heavy atom. The summed E-state index contributed by atoms with van der Waals surface area (Å²) < 4.78 is 0. The van der Waals surface area contributed by atoms with E-state index in [2.05, 4.69) is 62.2 Å². The zero-order chi connectivity index (χ0) is 14.5. The van der Waals surface area contributed by atoms with Gasteiger partial charge in [0.1, 0.15) is 0 Å². The molecule has 20 heavy (non-hydrogen) atoms.